The molecule has 2 heterocycles. The van der Waals surface area contributed by atoms with Crippen LogP contribution >= 0.6 is 11.5 Å². The maximum Gasteiger partial charge on any atom is 0.326 e. The van der Waals surface area contributed by atoms with Crippen molar-refractivity contribution in [1.29, 1.82) is 0 Å². The second-order valence-corrected chi connectivity index (χ2v) is 5.44. The fraction of sp³-hybridized carbons (Fsp3) is 0.111. The largest absolute Gasteiger partial charge is 0.326 e. The summed E-state index contributed by atoms with van der Waals surface area (Å²) in [4.78, 5) is 1.01. The highest BCUT2D eigenvalue weighted by Crippen LogP contribution is 2.20. The average molecular weight is 257 g/mol. The third-order valence-electron chi connectivity index (χ3n) is 1.93. The molecule has 0 saturated heterocycles. The van der Waals surface area contributed by atoms with E-state index < -0.39 is 16.0 Å². The Kier molecular flexibility index (Phi) is 2.99. The Morgan fingerprint density at radius 3 is 2.50 bits per heavy atom. The summed E-state index contributed by atoms with van der Waals surface area (Å²) in [6, 6.07) is 5.44. The molecule has 1 N–H and O–H groups in total. The molecule has 84 valence electrons. The number of hydrogen-bond acceptors (Lipinski definition) is 4. The van der Waals surface area contributed by atoms with Gasteiger partial charge < -0.3 is 0 Å². The quantitative estimate of drug-likeness (QED) is 0.656. The van der Waals surface area contributed by atoms with Gasteiger partial charge in [-0.15, -0.1) is 0 Å². The van der Waals surface area contributed by atoms with Crippen molar-refractivity contribution in [1.82, 2.24) is 4.37 Å². The number of rotatable bonds is 3. The fourth-order valence-corrected chi connectivity index (χ4v) is 2.41. The summed E-state index contributed by atoms with van der Waals surface area (Å²) in [5, 5.41) is 0. The van der Waals surface area contributed by atoms with Gasteiger partial charge in [0.1, 0.15) is 0 Å². The van der Waals surface area contributed by atoms with Gasteiger partial charge in [0.05, 0.1) is 4.88 Å². The highest BCUT2D eigenvalue weighted by molar-refractivity contribution is 7.84. The van der Waals surface area contributed by atoms with E-state index in [0.29, 0.717) is 0 Å². The van der Waals surface area contributed by atoms with Crippen LogP contribution in [0.4, 0.5) is 0 Å². The fourth-order valence-electron chi connectivity index (χ4n) is 1.26. The second kappa shape index (κ2) is 4.28. The first kappa shape index (κ1) is 11.2. The maximum absolute atomic E-state index is 10.6. The van der Waals surface area contributed by atoms with Crippen molar-refractivity contribution < 1.29 is 17.5 Å². The number of hydrogen-bond donors (Lipinski definition) is 1. The topological polar surface area (TPSA) is 71.1 Å². The number of pyridine rings is 1. The molecule has 7 heteroatoms. The number of nitrogens with zero attached hydrogens (tertiary/aromatic N) is 2. The zero-order chi connectivity index (χ0) is 11.6. The highest BCUT2D eigenvalue weighted by Gasteiger charge is 2.12. The molecular formula is C9H9N2O3S2+. The molecule has 16 heavy (non-hydrogen) atoms. The maximum atomic E-state index is 10.6. The summed E-state index contributed by atoms with van der Waals surface area (Å²) < 4.78 is 35.3. The Morgan fingerprint density at radius 2 is 2.00 bits per heavy atom. The van der Waals surface area contributed by atoms with Crippen LogP contribution in [0.2, 0.25) is 0 Å². The van der Waals surface area contributed by atoms with E-state index in [4.69, 9.17) is 4.55 Å². The third-order valence-corrected chi connectivity index (χ3v) is 3.35. The van der Waals surface area contributed by atoms with Gasteiger partial charge in [0.15, 0.2) is 12.4 Å². The summed E-state index contributed by atoms with van der Waals surface area (Å²) in [7, 11) is -3.99. The van der Waals surface area contributed by atoms with Crippen LogP contribution in [0, 0.1) is 0 Å². The summed E-state index contributed by atoms with van der Waals surface area (Å²) >= 11 is 1.37. The lowest BCUT2D eigenvalue weighted by Crippen LogP contribution is -2.36. The third kappa shape index (κ3) is 2.84. The van der Waals surface area contributed by atoms with Gasteiger partial charge in [-0.05, 0) is 17.6 Å². The van der Waals surface area contributed by atoms with Crippen molar-refractivity contribution in [2.75, 3.05) is 0 Å². The van der Waals surface area contributed by atoms with E-state index in [1.165, 1.54) is 16.1 Å². The van der Waals surface area contributed by atoms with E-state index in [9.17, 15) is 8.42 Å². The van der Waals surface area contributed by atoms with E-state index in [1.807, 2.05) is 6.07 Å². The Labute approximate surface area is 96.9 Å². The van der Waals surface area contributed by atoms with E-state index in [-0.39, 0.29) is 0 Å². The predicted octanol–water partition coefficient (Wildman–Crippen LogP) is 0.943. The van der Waals surface area contributed by atoms with Crippen LogP contribution in [-0.4, -0.2) is 17.3 Å². The van der Waals surface area contributed by atoms with Gasteiger partial charge in [0.2, 0.25) is 0 Å². The summed E-state index contributed by atoms with van der Waals surface area (Å²) in [5.41, 5.74) is 0.967. The molecule has 0 fully saturated rings. The van der Waals surface area contributed by atoms with E-state index in [0.717, 1.165) is 10.4 Å². The SMILES string of the molecule is O=S(=O)(O)C[n+]1ccc(-c2ccns2)cc1. The van der Waals surface area contributed by atoms with Crippen LogP contribution in [0.15, 0.2) is 36.8 Å². The van der Waals surface area contributed by atoms with Crippen molar-refractivity contribution in [2.45, 2.75) is 5.88 Å². The van der Waals surface area contributed by atoms with Crippen molar-refractivity contribution >= 4 is 21.7 Å². The molecular weight excluding hydrogens is 248 g/mol. The minimum atomic E-state index is -3.99. The first-order chi connectivity index (χ1) is 7.54. The van der Waals surface area contributed by atoms with E-state index in [1.54, 1.807) is 30.7 Å². The van der Waals surface area contributed by atoms with Crippen LogP contribution in [0.5, 0.6) is 0 Å². The summed E-state index contributed by atoms with van der Waals surface area (Å²) in [6.45, 7) is 0. The molecule has 0 bridgehead atoms. The van der Waals surface area contributed by atoms with Gasteiger partial charge >= 0.3 is 10.1 Å². The van der Waals surface area contributed by atoms with Gasteiger partial charge in [-0.25, -0.2) is 4.37 Å². The van der Waals surface area contributed by atoms with Crippen molar-refractivity contribution in [3.05, 3.63) is 36.8 Å². The van der Waals surface area contributed by atoms with Crippen LogP contribution in [0.1, 0.15) is 0 Å². The molecule has 2 aromatic heterocycles. The van der Waals surface area contributed by atoms with Crippen LogP contribution < -0.4 is 4.57 Å². The standard InChI is InChI=1S/C9H8N2O3S2/c12-16(13,14)7-11-5-2-8(3-6-11)9-1-4-10-15-9/h1-6H,7H2/p+1. The van der Waals surface area contributed by atoms with E-state index >= 15 is 0 Å². The Bertz CT molecular complexity index is 561. The van der Waals surface area contributed by atoms with Crippen molar-refractivity contribution in [3.8, 4) is 10.4 Å². The van der Waals surface area contributed by atoms with Gasteiger partial charge in [-0.3, -0.25) is 4.55 Å². The van der Waals surface area contributed by atoms with Crippen LogP contribution in [-0.2, 0) is 16.0 Å². The molecule has 0 amide bonds. The van der Waals surface area contributed by atoms with Gasteiger partial charge in [-0.1, -0.05) is 0 Å². The summed E-state index contributed by atoms with van der Waals surface area (Å²) in [6.07, 6.45) is 4.91. The Balaban J connectivity index is 2.24. The molecule has 0 aliphatic rings. The normalized spacial score (nSPS) is 11.6. The molecule has 0 aliphatic heterocycles. The molecule has 0 aromatic carbocycles. The molecule has 0 saturated carbocycles. The summed E-state index contributed by atoms with van der Waals surface area (Å²) in [5.74, 6) is -0.435. The smallest absolute Gasteiger partial charge is 0.281 e. The Morgan fingerprint density at radius 1 is 1.31 bits per heavy atom. The van der Waals surface area contributed by atoms with Gasteiger partial charge in [0, 0.05) is 23.9 Å². The molecule has 5 nitrogen and oxygen atoms in total. The van der Waals surface area contributed by atoms with E-state index in [2.05, 4.69) is 4.37 Å². The van der Waals surface area contributed by atoms with Gasteiger partial charge in [0.25, 0.3) is 5.88 Å². The Hall–Kier alpha value is -1.31. The zero-order valence-electron chi connectivity index (χ0n) is 8.15. The van der Waals surface area contributed by atoms with Gasteiger partial charge in [-0.2, -0.15) is 13.0 Å². The minimum absolute atomic E-state index is 0.435. The van der Waals surface area contributed by atoms with Crippen molar-refractivity contribution in [2.24, 2.45) is 0 Å². The first-order valence-corrected chi connectivity index (χ1v) is 6.78. The second-order valence-electron chi connectivity index (χ2n) is 3.19. The lowest BCUT2D eigenvalue weighted by Gasteiger charge is -1.96. The monoisotopic (exact) mass is 257 g/mol. The lowest BCUT2D eigenvalue weighted by atomic mass is 10.2. The first-order valence-electron chi connectivity index (χ1n) is 4.40. The molecule has 0 aliphatic carbocycles. The molecule has 2 rings (SSSR count). The average Bonchev–Trinajstić information content (AvgIpc) is 2.69. The minimum Gasteiger partial charge on any atom is -0.281 e. The van der Waals surface area contributed by atoms with Crippen LogP contribution in [0.3, 0.4) is 0 Å². The molecule has 0 spiro atoms. The molecule has 0 unspecified atom stereocenters. The molecule has 2 aromatic rings. The predicted molar refractivity (Wildman–Crippen MR) is 59.3 cm³/mol. The highest BCUT2D eigenvalue weighted by atomic mass is 32.2. The van der Waals surface area contributed by atoms with Crippen molar-refractivity contribution in [3.63, 3.8) is 0 Å². The zero-order valence-corrected chi connectivity index (χ0v) is 9.78. The van der Waals surface area contributed by atoms with Crippen LogP contribution in [0.25, 0.3) is 10.4 Å². The lowest BCUT2D eigenvalue weighted by molar-refractivity contribution is -0.678. The molecule has 0 radical (unpaired) electrons. The molecule has 0 atom stereocenters. The number of aromatic nitrogens is 2.